The summed E-state index contributed by atoms with van der Waals surface area (Å²) in [7, 11) is 0. The average Bonchev–Trinajstić information content (AvgIpc) is 2.67. The number of carbonyl (C=O) groups is 3. The zero-order chi connectivity index (χ0) is 19.0. The van der Waals surface area contributed by atoms with Gasteiger partial charge in [-0.1, -0.05) is 24.3 Å². The maximum atomic E-state index is 13.2. The number of benzene rings is 2. The third-order valence-electron chi connectivity index (χ3n) is 4.82. The van der Waals surface area contributed by atoms with Gasteiger partial charge in [-0.25, -0.2) is 0 Å². The molecule has 3 amide bonds. The number of hydrogen-bond acceptors (Lipinski definition) is 4. The first-order chi connectivity index (χ1) is 13.0. The molecule has 27 heavy (non-hydrogen) atoms. The van der Waals surface area contributed by atoms with Gasteiger partial charge in [-0.3, -0.25) is 14.4 Å². The fourth-order valence-corrected chi connectivity index (χ4v) is 3.46. The lowest BCUT2D eigenvalue weighted by Gasteiger charge is -2.36. The monoisotopic (exact) mass is 365 g/mol. The number of fused-ring (bicyclic) bond motifs is 1. The van der Waals surface area contributed by atoms with Crippen LogP contribution in [-0.4, -0.2) is 42.3 Å². The zero-order valence-corrected chi connectivity index (χ0v) is 14.8. The Hall–Kier alpha value is -3.35. The van der Waals surface area contributed by atoms with Crippen LogP contribution in [0.3, 0.4) is 0 Å². The largest absolute Gasteiger partial charge is 0.482 e. The van der Waals surface area contributed by atoms with Crippen molar-refractivity contribution in [3.8, 4) is 5.75 Å². The molecule has 1 fully saturated rings. The molecule has 1 saturated heterocycles. The summed E-state index contributed by atoms with van der Waals surface area (Å²) >= 11 is 0. The van der Waals surface area contributed by atoms with E-state index in [9.17, 15) is 14.4 Å². The number of rotatable bonds is 2. The first kappa shape index (κ1) is 17.1. The van der Waals surface area contributed by atoms with Gasteiger partial charge in [0.15, 0.2) is 6.61 Å². The Labute approximate surface area is 156 Å². The highest BCUT2D eigenvalue weighted by Crippen LogP contribution is 2.31. The lowest BCUT2D eigenvalue weighted by atomic mass is 9.97. The second-order valence-electron chi connectivity index (χ2n) is 6.60. The highest BCUT2D eigenvalue weighted by atomic mass is 16.5. The van der Waals surface area contributed by atoms with Crippen LogP contribution < -0.4 is 15.4 Å². The third-order valence-corrected chi connectivity index (χ3v) is 4.82. The molecule has 1 atom stereocenters. The molecule has 2 heterocycles. The van der Waals surface area contributed by atoms with Crippen LogP contribution in [0.2, 0.25) is 0 Å². The molecule has 2 N–H and O–H groups in total. The van der Waals surface area contributed by atoms with E-state index in [0.29, 0.717) is 30.1 Å². The number of piperazine rings is 1. The Balaban J connectivity index is 1.68. The van der Waals surface area contributed by atoms with E-state index in [-0.39, 0.29) is 24.3 Å². The second-order valence-corrected chi connectivity index (χ2v) is 6.60. The Morgan fingerprint density at radius 1 is 1.19 bits per heavy atom. The summed E-state index contributed by atoms with van der Waals surface area (Å²) < 4.78 is 5.40. The maximum absolute atomic E-state index is 13.2. The van der Waals surface area contributed by atoms with Gasteiger partial charge in [0, 0.05) is 18.7 Å². The molecule has 4 rings (SSSR count). The molecular formula is C20H19N3O4. The molecule has 7 nitrogen and oxygen atoms in total. The predicted molar refractivity (Wildman–Crippen MR) is 98.5 cm³/mol. The van der Waals surface area contributed by atoms with Gasteiger partial charge >= 0.3 is 0 Å². The summed E-state index contributed by atoms with van der Waals surface area (Å²) in [4.78, 5) is 38.8. The van der Waals surface area contributed by atoms with Crippen molar-refractivity contribution in [3.05, 3.63) is 59.2 Å². The van der Waals surface area contributed by atoms with Crippen molar-refractivity contribution in [3.63, 3.8) is 0 Å². The Morgan fingerprint density at radius 2 is 2.00 bits per heavy atom. The van der Waals surface area contributed by atoms with Crippen molar-refractivity contribution in [2.24, 2.45) is 0 Å². The lowest BCUT2D eigenvalue weighted by molar-refractivity contribution is -0.128. The molecule has 0 unspecified atom stereocenters. The van der Waals surface area contributed by atoms with Gasteiger partial charge < -0.3 is 20.3 Å². The van der Waals surface area contributed by atoms with Crippen LogP contribution in [0, 0.1) is 6.92 Å². The van der Waals surface area contributed by atoms with Gasteiger partial charge in [-0.15, -0.1) is 0 Å². The van der Waals surface area contributed by atoms with E-state index in [4.69, 9.17) is 4.74 Å². The number of carbonyl (C=O) groups excluding carboxylic acids is 3. The smallest absolute Gasteiger partial charge is 0.262 e. The van der Waals surface area contributed by atoms with Crippen molar-refractivity contribution in [1.82, 2.24) is 10.2 Å². The SMILES string of the molecule is Cc1ccccc1[C@@H]1C(=O)NCCN1C(=O)c1ccc2c(c1)OCC(=O)N2. The lowest BCUT2D eigenvalue weighted by Crippen LogP contribution is -2.52. The summed E-state index contributed by atoms with van der Waals surface area (Å²) in [6, 6.07) is 11.8. The summed E-state index contributed by atoms with van der Waals surface area (Å²) in [5, 5.41) is 5.55. The molecular weight excluding hydrogens is 346 g/mol. The minimum Gasteiger partial charge on any atom is -0.482 e. The molecule has 7 heteroatoms. The van der Waals surface area contributed by atoms with Gasteiger partial charge in [0.25, 0.3) is 11.8 Å². The van der Waals surface area contributed by atoms with E-state index in [1.165, 1.54) is 0 Å². The molecule has 0 spiro atoms. The summed E-state index contributed by atoms with van der Waals surface area (Å²) in [5.41, 5.74) is 2.71. The maximum Gasteiger partial charge on any atom is 0.262 e. The van der Waals surface area contributed by atoms with Crippen LogP contribution in [-0.2, 0) is 9.59 Å². The first-order valence-electron chi connectivity index (χ1n) is 8.75. The Morgan fingerprint density at radius 3 is 2.81 bits per heavy atom. The molecule has 138 valence electrons. The van der Waals surface area contributed by atoms with Gasteiger partial charge in [-0.05, 0) is 36.2 Å². The molecule has 2 aliphatic rings. The van der Waals surface area contributed by atoms with Crippen LogP contribution in [0.5, 0.6) is 5.75 Å². The van der Waals surface area contributed by atoms with Crippen molar-refractivity contribution in [2.75, 3.05) is 25.0 Å². The van der Waals surface area contributed by atoms with E-state index >= 15 is 0 Å². The fraction of sp³-hybridized carbons (Fsp3) is 0.250. The number of aryl methyl sites for hydroxylation is 1. The number of ether oxygens (including phenoxy) is 1. The Kier molecular flexibility index (Phi) is 4.27. The van der Waals surface area contributed by atoms with Crippen LogP contribution in [0.4, 0.5) is 5.69 Å². The number of hydrogen-bond donors (Lipinski definition) is 2. The number of nitrogens with one attached hydrogen (secondary N) is 2. The molecule has 0 bridgehead atoms. The van der Waals surface area contributed by atoms with Gasteiger partial charge in [0.05, 0.1) is 5.69 Å². The van der Waals surface area contributed by atoms with Gasteiger partial charge in [-0.2, -0.15) is 0 Å². The molecule has 0 aliphatic carbocycles. The molecule has 0 aromatic heterocycles. The van der Waals surface area contributed by atoms with Crippen molar-refractivity contribution in [2.45, 2.75) is 13.0 Å². The molecule has 0 radical (unpaired) electrons. The third kappa shape index (κ3) is 3.12. The van der Waals surface area contributed by atoms with Gasteiger partial charge in [0.1, 0.15) is 11.8 Å². The van der Waals surface area contributed by atoms with Crippen molar-refractivity contribution < 1.29 is 19.1 Å². The summed E-state index contributed by atoms with van der Waals surface area (Å²) in [6.45, 7) is 2.67. The van der Waals surface area contributed by atoms with E-state index in [1.54, 1.807) is 23.1 Å². The van der Waals surface area contributed by atoms with Crippen LogP contribution >= 0.6 is 0 Å². The van der Waals surface area contributed by atoms with Crippen LogP contribution in [0.1, 0.15) is 27.5 Å². The zero-order valence-electron chi connectivity index (χ0n) is 14.8. The minimum atomic E-state index is -0.677. The molecule has 2 aromatic rings. The van der Waals surface area contributed by atoms with E-state index in [2.05, 4.69) is 10.6 Å². The molecule has 2 aromatic carbocycles. The van der Waals surface area contributed by atoms with E-state index < -0.39 is 6.04 Å². The first-order valence-corrected chi connectivity index (χ1v) is 8.75. The normalized spacial score (nSPS) is 18.9. The average molecular weight is 365 g/mol. The van der Waals surface area contributed by atoms with E-state index in [1.807, 2.05) is 31.2 Å². The number of nitrogens with zero attached hydrogens (tertiary/aromatic N) is 1. The van der Waals surface area contributed by atoms with Crippen LogP contribution in [0.25, 0.3) is 0 Å². The quantitative estimate of drug-likeness (QED) is 0.847. The van der Waals surface area contributed by atoms with Crippen molar-refractivity contribution >= 4 is 23.4 Å². The van der Waals surface area contributed by atoms with Gasteiger partial charge in [0.2, 0.25) is 5.91 Å². The standard InChI is InChI=1S/C20H19N3O4/c1-12-4-2-3-5-14(12)18-19(25)21-8-9-23(18)20(26)13-6-7-15-16(10-13)27-11-17(24)22-15/h2-7,10,18H,8-9,11H2,1H3,(H,21,25)(H,22,24)/t18-/m1/s1. The predicted octanol–water partition coefficient (Wildman–Crippen LogP) is 1.64. The molecule has 2 aliphatic heterocycles. The highest BCUT2D eigenvalue weighted by molar-refractivity contribution is 6.01. The Bertz CT molecular complexity index is 941. The second kappa shape index (κ2) is 6.75. The summed E-state index contributed by atoms with van der Waals surface area (Å²) in [5.74, 6) is -0.213. The summed E-state index contributed by atoms with van der Waals surface area (Å²) in [6.07, 6.45) is 0. The van der Waals surface area contributed by atoms with E-state index in [0.717, 1.165) is 11.1 Å². The van der Waals surface area contributed by atoms with Crippen LogP contribution in [0.15, 0.2) is 42.5 Å². The fourth-order valence-electron chi connectivity index (χ4n) is 3.46. The topological polar surface area (TPSA) is 87.7 Å². The molecule has 0 saturated carbocycles. The number of anilines is 1. The highest BCUT2D eigenvalue weighted by Gasteiger charge is 2.35. The van der Waals surface area contributed by atoms with Crippen molar-refractivity contribution in [1.29, 1.82) is 0 Å². The minimum absolute atomic E-state index is 0.0808. The number of amides is 3.